The van der Waals surface area contributed by atoms with Gasteiger partial charge in [0.05, 0.1) is 10.8 Å². The molecule has 2 aliphatic heterocycles. The number of aryl methyl sites for hydroxylation is 1. The van der Waals surface area contributed by atoms with Gasteiger partial charge in [-0.25, -0.2) is 8.42 Å². The maximum Gasteiger partial charge on any atom is 0.243 e. The maximum absolute atomic E-state index is 13.1. The summed E-state index contributed by atoms with van der Waals surface area (Å²) in [6, 6.07) is 7.44. The monoisotopic (exact) mass is 378 g/mol. The smallest absolute Gasteiger partial charge is 0.243 e. The van der Waals surface area contributed by atoms with Gasteiger partial charge in [-0.2, -0.15) is 4.31 Å². The number of benzene rings is 1. The summed E-state index contributed by atoms with van der Waals surface area (Å²) < 4.78 is 27.4. The van der Waals surface area contributed by atoms with E-state index >= 15 is 0 Å². The van der Waals surface area contributed by atoms with Crippen molar-refractivity contribution in [1.29, 1.82) is 0 Å². The van der Waals surface area contributed by atoms with E-state index in [4.69, 9.17) is 0 Å². The molecule has 2 aliphatic rings. The van der Waals surface area contributed by atoms with Crippen LogP contribution in [0.2, 0.25) is 0 Å². The fourth-order valence-electron chi connectivity index (χ4n) is 4.29. The van der Waals surface area contributed by atoms with Crippen molar-refractivity contribution in [1.82, 2.24) is 9.21 Å². The average molecular weight is 379 g/mol. The molecular formula is C20H30N2O3S. The molecule has 0 N–H and O–H groups in total. The Kier molecular flexibility index (Phi) is 5.72. The van der Waals surface area contributed by atoms with Gasteiger partial charge in [0.2, 0.25) is 15.9 Å². The number of nitrogens with zero attached hydrogens (tertiary/aromatic N) is 2. The predicted molar refractivity (Wildman–Crippen MR) is 102 cm³/mol. The summed E-state index contributed by atoms with van der Waals surface area (Å²) >= 11 is 0. The third kappa shape index (κ3) is 3.81. The first kappa shape index (κ1) is 19.4. The summed E-state index contributed by atoms with van der Waals surface area (Å²) in [5.74, 6) is -0.0968. The molecule has 0 spiro atoms. The summed E-state index contributed by atoms with van der Waals surface area (Å²) in [7, 11) is -3.54. The molecule has 0 radical (unpaired) electrons. The summed E-state index contributed by atoms with van der Waals surface area (Å²) in [6.07, 6.45) is 4.74. The number of likely N-dealkylation sites (tertiary alicyclic amines) is 1. The minimum Gasteiger partial charge on any atom is -0.337 e. The van der Waals surface area contributed by atoms with Gasteiger partial charge in [-0.3, -0.25) is 4.79 Å². The Morgan fingerprint density at radius 3 is 2.23 bits per heavy atom. The van der Waals surface area contributed by atoms with Crippen LogP contribution in [0.5, 0.6) is 0 Å². The Labute approximate surface area is 157 Å². The van der Waals surface area contributed by atoms with E-state index in [-0.39, 0.29) is 23.9 Å². The first-order chi connectivity index (χ1) is 12.3. The lowest BCUT2D eigenvalue weighted by Crippen LogP contribution is -2.53. The second kappa shape index (κ2) is 7.69. The molecule has 1 amide bonds. The van der Waals surface area contributed by atoms with Crippen molar-refractivity contribution in [2.24, 2.45) is 5.92 Å². The number of sulfonamides is 1. The van der Waals surface area contributed by atoms with Gasteiger partial charge in [0.15, 0.2) is 0 Å². The third-order valence-corrected chi connectivity index (χ3v) is 7.72. The number of piperidine rings is 2. The number of rotatable bonds is 3. The van der Waals surface area contributed by atoms with Crippen LogP contribution < -0.4 is 0 Å². The molecule has 3 rings (SSSR count). The third-order valence-electron chi connectivity index (χ3n) is 5.84. The van der Waals surface area contributed by atoms with Crippen LogP contribution in [0.3, 0.4) is 0 Å². The van der Waals surface area contributed by atoms with Crippen molar-refractivity contribution in [3.63, 3.8) is 0 Å². The minimum absolute atomic E-state index is 0.133. The molecule has 2 heterocycles. The first-order valence-corrected chi connectivity index (χ1v) is 11.1. The van der Waals surface area contributed by atoms with Crippen molar-refractivity contribution in [3.05, 3.63) is 29.8 Å². The second-order valence-corrected chi connectivity index (χ2v) is 9.83. The summed E-state index contributed by atoms with van der Waals surface area (Å²) in [5, 5.41) is 0. The number of amides is 1. The Hall–Kier alpha value is -1.40. The zero-order valence-electron chi connectivity index (χ0n) is 16.0. The molecule has 144 valence electrons. The standard InChI is InChI=1S/C20H30N2O3S/c1-15-9-11-19(12-10-15)26(24,25)21-13-5-8-18(14-21)20(23)22-16(2)6-4-7-17(22)3/h9-12,16-18H,4-8,13-14H2,1-3H3/t16-,17-,18+/m1/s1. The zero-order valence-corrected chi connectivity index (χ0v) is 16.8. The number of hydrogen-bond donors (Lipinski definition) is 0. The fourth-order valence-corrected chi connectivity index (χ4v) is 5.81. The van der Waals surface area contributed by atoms with E-state index in [1.165, 1.54) is 4.31 Å². The van der Waals surface area contributed by atoms with Gasteiger partial charge in [0.25, 0.3) is 0 Å². The van der Waals surface area contributed by atoms with Gasteiger partial charge in [-0.1, -0.05) is 17.7 Å². The molecule has 6 heteroatoms. The zero-order chi connectivity index (χ0) is 18.9. The topological polar surface area (TPSA) is 57.7 Å². The van der Waals surface area contributed by atoms with Crippen molar-refractivity contribution >= 4 is 15.9 Å². The highest BCUT2D eigenvalue weighted by Gasteiger charge is 2.38. The Morgan fingerprint density at radius 1 is 1.00 bits per heavy atom. The second-order valence-electron chi connectivity index (χ2n) is 7.89. The van der Waals surface area contributed by atoms with E-state index in [0.717, 1.165) is 37.7 Å². The molecular weight excluding hydrogens is 348 g/mol. The molecule has 1 aromatic rings. The molecule has 26 heavy (non-hydrogen) atoms. The molecule has 0 unspecified atom stereocenters. The van der Waals surface area contributed by atoms with Gasteiger partial charge in [-0.15, -0.1) is 0 Å². The first-order valence-electron chi connectivity index (χ1n) is 9.69. The molecule has 5 nitrogen and oxygen atoms in total. The minimum atomic E-state index is -3.54. The van der Waals surface area contributed by atoms with Crippen molar-refractivity contribution in [2.75, 3.05) is 13.1 Å². The van der Waals surface area contributed by atoms with E-state index in [2.05, 4.69) is 13.8 Å². The van der Waals surface area contributed by atoms with Crippen LogP contribution in [0.1, 0.15) is 51.5 Å². The van der Waals surface area contributed by atoms with Crippen molar-refractivity contribution in [3.8, 4) is 0 Å². The van der Waals surface area contributed by atoms with Crippen molar-refractivity contribution < 1.29 is 13.2 Å². The predicted octanol–water partition coefficient (Wildman–Crippen LogP) is 3.19. The average Bonchev–Trinajstić information content (AvgIpc) is 2.62. The van der Waals surface area contributed by atoms with Crippen LogP contribution in [-0.4, -0.2) is 48.7 Å². The fraction of sp³-hybridized carbons (Fsp3) is 0.650. The normalized spacial score (nSPS) is 28.1. The van der Waals surface area contributed by atoms with Gasteiger partial charge in [-0.05, 0) is 65.0 Å². The van der Waals surface area contributed by atoms with E-state index < -0.39 is 10.0 Å². The highest BCUT2D eigenvalue weighted by Crippen LogP contribution is 2.29. The molecule has 3 atom stereocenters. The highest BCUT2D eigenvalue weighted by molar-refractivity contribution is 7.89. The molecule has 0 saturated carbocycles. The van der Waals surface area contributed by atoms with Crippen LogP contribution in [0, 0.1) is 12.8 Å². The van der Waals surface area contributed by atoms with Crippen LogP contribution >= 0.6 is 0 Å². The molecule has 0 aliphatic carbocycles. The number of hydrogen-bond acceptors (Lipinski definition) is 3. The number of carbonyl (C=O) groups excluding carboxylic acids is 1. The highest BCUT2D eigenvalue weighted by atomic mass is 32.2. The Balaban J connectivity index is 1.76. The Bertz CT molecular complexity index is 735. The van der Waals surface area contributed by atoms with E-state index in [0.29, 0.717) is 18.0 Å². The molecule has 1 aromatic carbocycles. The van der Waals surface area contributed by atoms with E-state index in [9.17, 15) is 13.2 Å². The Morgan fingerprint density at radius 2 is 1.62 bits per heavy atom. The summed E-state index contributed by atoms with van der Waals surface area (Å²) in [4.78, 5) is 15.5. The quantitative estimate of drug-likeness (QED) is 0.812. The summed E-state index contributed by atoms with van der Waals surface area (Å²) in [5.41, 5.74) is 1.03. The molecule has 0 aromatic heterocycles. The lowest BCUT2D eigenvalue weighted by atomic mass is 9.92. The van der Waals surface area contributed by atoms with Crippen molar-refractivity contribution in [2.45, 2.75) is 69.9 Å². The molecule has 0 bridgehead atoms. The lowest BCUT2D eigenvalue weighted by Gasteiger charge is -2.42. The van der Waals surface area contributed by atoms with Crippen LogP contribution in [-0.2, 0) is 14.8 Å². The maximum atomic E-state index is 13.1. The van der Waals surface area contributed by atoms with E-state index in [1.807, 2.05) is 24.0 Å². The van der Waals surface area contributed by atoms with Gasteiger partial charge in [0.1, 0.15) is 0 Å². The molecule has 2 saturated heterocycles. The largest absolute Gasteiger partial charge is 0.337 e. The van der Waals surface area contributed by atoms with Crippen LogP contribution in [0.4, 0.5) is 0 Å². The molecule has 2 fully saturated rings. The van der Waals surface area contributed by atoms with E-state index in [1.54, 1.807) is 12.1 Å². The van der Waals surface area contributed by atoms with Gasteiger partial charge < -0.3 is 4.90 Å². The number of carbonyl (C=O) groups is 1. The van der Waals surface area contributed by atoms with Gasteiger partial charge >= 0.3 is 0 Å². The van der Waals surface area contributed by atoms with Crippen LogP contribution in [0.25, 0.3) is 0 Å². The van der Waals surface area contributed by atoms with Gasteiger partial charge in [0, 0.05) is 25.2 Å². The van der Waals surface area contributed by atoms with Crippen LogP contribution in [0.15, 0.2) is 29.2 Å². The SMILES string of the molecule is Cc1ccc(S(=O)(=O)N2CCC[C@H](C(=O)N3[C@H](C)CCC[C@H]3C)C2)cc1. The summed E-state index contributed by atoms with van der Waals surface area (Å²) in [6.45, 7) is 6.94. The lowest BCUT2D eigenvalue weighted by molar-refractivity contribution is -0.143.